The number of ether oxygens (including phenoxy) is 1. The van der Waals surface area contributed by atoms with Crippen LogP contribution in [0.25, 0.3) is 0 Å². The van der Waals surface area contributed by atoms with Gasteiger partial charge in [0.25, 0.3) is 0 Å². The van der Waals surface area contributed by atoms with E-state index in [2.05, 4.69) is 0 Å². The van der Waals surface area contributed by atoms with Gasteiger partial charge in [-0.05, 0) is 20.8 Å². The molecule has 10 heavy (non-hydrogen) atoms. The standard InChI is InChI=1S/C7H12O3/c1-4-5(8)7(2,3)10-6(4)9/h4-5,8H,1-3H3/t4-,5+/m1/s1. The molecule has 0 radical (unpaired) electrons. The van der Waals surface area contributed by atoms with Crippen molar-refractivity contribution in [2.24, 2.45) is 5.92 Å². The summed E-state index contributed by atoms with van der Waals surface area (Å²) in [4.78, 5) is 10.8. The van der Waals surface area contributed by atoms with Crippen LogP contribution in [0.3, 0.4) is 0 Å². The minimum atomic E-state index is -0.698. The summed E-state index contributed by atoms with van der Waals surface area (Å²) in [5.41, 5.74) is -0.698. The van der Waals surface area contributed by atoms with Crippen molar-refractivity contribution in [1.29, 1.82) is 0 Å². The molecule has 3 heteroatoms. The van der Waals surface area contributed by atoms with Crippen molar-refractivity contribution in [2.75, 3.05) is 0 Å². The minimum Gasteiger partial charge on any atom is -0.457 e. The van der Waals surface area contributed by atoms with Gasteiger partial charge in [0.05, 0.1) is 5.92 Å². The number of aliphatic hydroxyl groups excluding tert-OH is 1. The molecule has 0 amide bonds. The molecular formula is C7H12O3. The first-order valence-corrected chi connectivity index (χ1v) is 3.36. The molecule has 1 aliphatic rings. The number of carbonyl (C=O) groups is 1. The van der Waals surface area contributed by atoms with Crippen LogP contribution < -0.4 is 0 Å². The molecule has 0 saturated carbocycles. The summed E-state index contributed by atoms with van der Waals surface area (Å²) >= 11 is 0. The average molecular weight is 144 g/mol. The lowest BCUT2D eigenvalue weighted by Gasteiger charge is -2.20. The fraction of sp³-hybridized carbons (Fsp3) is 0.857. The Hall–Kier alpha value is -0.570. The topological polar surface area (TPSA) is 46.5 Å². The largest absolute Gasteiger partial charge is 0.457 e. The Morgan fingerprint density at radius 3 is 2.20 bits per heavy atom. The molecule has 2 atom stereocenters. The molecule has 3 nitrogen and oxygen atoms in total. The molecular weight excluding hydrogens is 132 g/mol. The van der Waals surface area contributed by atoms with Gasteiger partial charge in [0.2, 0.25) is 0 Å². The number of esters is 1. The summed E-state index contributed by atoms with van der Waals surface area (Å²) < 4.78 is 4.88. The number of rotatable bonds is 0. The minimum absolute atomic E-state index is 0.308. The van der Waals surface area contributed by atoms with Crippen molar-refractivity contribution >= 4 is 5.97 Å². The maximum Gasteiger partial charge on any atom is 0.312 e. The lowest BCUT2D eigenvalue weighted by Crippen LogP contribution is -2.34. The van der Waals surface area contributed by atoms with Crippen molar-refractivity contribution in [3.05, 3.63) is 0 Å². The van der Waals surface area contributed by atoms with E-state index in [0.717, 1.165) is 0 Å². The van der Waals surface area contributed by atoms with Crippen LogP contribution in [0, 0.1) is 5.92 Å². The van der Waals surface area contributed by atoms with Crippen molar-refractivity contribution < 1.29 is 14.6 Å². The molecule has 0 spiro atoms. The summed E-state index contributed by atoms with van der Waals surface area (Å²) in [5.74, 6) is -0.688. The lowest BCUT2D eigenvalue weighted by molar-refractivity contribution is -0.149. The summed E-state index contributed by atoms with van der Waals surface area (Å²) in [6.45, 7) is 5.08. The average Bonchev–Trinajstić information content (AvgIpc) is 1.95. The van der Waals surface area contributed by atoms with Crippen LogP contribution in [0.4, 0.5) is 0 Å². The fourth-order valence-electron chi connectivity index (χ4n) is 1.14. The Balaban J connectivity index is 2.81. The van der Waals surface area contributed by atoms with E-state index in [9.17, 15) is 9.90 Å². The quantitative estimate of drug-likeness (QED) is 0.498. The van der Waals surface area contributed by atoms with Gasteiger partial charge in [-0.1, -0.05) is 0 Å². The molecule has 0 aromatic rings. The van der Waals surface area contributed by atoms with Gasteiger partial charge in [0, 0.05) is 0 Å². The second-order valence-electron chi connectivity index (χ2n) is 3.26. The first-order chi connectivity index (χ1) is 4.45. The Bertz CT molecular complexity index is 162. The van der Waals surface area contributed by atoms with Crippen molar-refractivity contribution in [2.45, 2.75) is 32.5 Å². The van der Waals surface area contributed by atoms with Crippen LogP contribution >= 0.6 is 0 Å². The second-order valence-corrected chi connectivity index (χ2v) is 3.26. The van der Waals surface area contributed by atoms with Crippen LogP contribution in [0.1, 0.15) is 20.8 Å². The summed E-state index contributed by atoms with van der Waals surface area (Å²) in [7, 11) is 0. The van der Waals surface area contributed by atoms with E-state index in [0.29, 0.717) is 0 Å². The highest BCUT2D eigenvalue weighted by molar-refractivity contribution is 5.75. The van der Waals surface area contributed by atoms with Gasteiger partial charge in [0.1, 0.15) is 11.7 Å². The van der Waals surface area contributed by atoms with E-state index in [4.69, 9.17) is 4.74 Å². The predicted molar refractivity (Wildman–Crippen MR) is 35.3 cm³/mol. The number of cyclic esters (lactones) is 1. The third kappa shape index (κ3) is 0.904. The molecule has 0 aliphatic carbocycles. The van der Waals surface area contributed by atoms with Crippen LogP contribution in [-0.4, -0.2) is 22.8 Å². The summed E-state index contributed by atoms with van der Waals surface area (Å²) in [5, 5.41) is 9.35. The maximum absolute atomic E-state index is 10.8. The van der Waals surface area contributed by atoms with Gasteiger partial charge in [0.15, 0.2) is 0 Å². The predicted octanol–water partition coefficient (Wildman–Crippen LogP) is 0.319. The van der Waals surface area contributed by atoms with E-state index in [1.165, 1.54) is 0 Å². The number of hydrogen-bond donors (Lipinski definition) is 1. The first-order valence-electron chi connectivity index (χ1n) is 3.36. The van der Waals surface area contributed by atoms with Gasteiger partial charge in [-0.25, -0.2) is 0 Å². The zero-order valence-electron chi connectivity index (χ0n) is 6.42. The Morgan fingerprint density at radius 2 is 2.10 bits per heavy atom. The number of hydrogen-bond acceptors (Lipinski definition) is 3. The third-order valence-electron chi connectivity index (χ3n) is 1.92. The smallest absolute Gasteiger partial charge is 0.312 e. The third-order valence-corrected chi connectivity index (χ3v) is 1.92. The molecule has 1 saturated heterocycles. The zero-order valence-corrected chi connectivity index (χ0v) is 6.42. The molecule has 1 rings (SSSR count). The van der Waals surface area contributed by atoms with Crippen LogP contribution in [0.15, 0.2) is 0 Å². The highest BCUT2D eigenvalue weighted by Gasteiger charge is 2.46. The first kappa shape index (κ1) is 7.54. The van der Waals surface area contributed by atoms with Crippen LogP contribution in [0.5, 0.6) is 0 Å². The fourth-order valence-corrected chi connectivity index (χ4v) is 1.14. The van der Waals surface area contributed by atoms with Crippen LogP contribution in [-0.2, 0) is 9.53 Å². The Labute approximate surface area is 60.0 Å². The van der Waals surface area contributed by atoms with Gasteiger partial charge in [-0.2, -0.15) is 0 Å². The highest BCUT2D eigenvalue weighted by Crippen LogP contribution is 2.30. The molecule has 0 bridgehead atoms. The second kappa shape index (κ2) is 1.95. The molecule has 1 fully saturated rings. The molecule has 1 aliphatic heterocycles. The molecule has 0 unspecified atom stereocenters. The normalized spacial score (nSPS) is 37.8. The van der Waals surface area contributed by atoms with Crippen LogP contribution in [0.2, 0.25) is 0 Å². The summed E-state index contributed by atoms with van der Waals surface area (Å²) in [6, 6.07) is 0. The summed E-state index contributed by atoms with van der Waals surface area (Å²) in [6.07, 6.45) is -0.667. The molecule has 1 heterocycles. The van der Waals surface area contributed by atoms with E-state index < -0.39 is 11.7 Å². The molecule has 0 aromatic carbocycles. The SMILES string of the molecule is C[C@H]1C(=O)OC(C)(C)[C@H]1O. The number of aliphatic hydroxyl groups is 1. The van der Waals surface area contributed by atoms with Gasteiger partial charge in [-0.3, -0.25) is 4.79 Å². The van der Waals surface area contributed by atoms with Gasteiger partial charge in [-0.15, -0.1) is 0 Å². The van der Waals surface area contributed by atoms with Crippen molar-refractivity contribution in [3.8, 4) is 0 Å². The van der Waals surface area contributed by atoms with Crippen molar-refractivity contribution in [1.82, 2.24) is 0 Å². The maximum atomic E-state index is 10.8. The Kier molecular flexibility index (Phi) is 1.47. The monoisotopic (exact) mass is 144 g/mol. The number of carbonyl (C=O) groups excluding carboxylic acids is 1. The molecule has 0 aromatic heterocycles. The van der Waals surface area contributed by atoms with Gasteiger partial charge < -0.3 is 9.84 Å². The van der Waals surface area contributed by atoms with Crippen molar-refractivity contribution in [3.63, 3.8) is 0 Å². The lowest BCUT2D eigenvalue weighted by atomic mass is 9.95. The van der Waals surface area contributed by atoms with E-state index in [-0.39, 0.29) is 11.9 Å². The molecule has 58 valence electrons. The van der Waals surface area contributed by atoms with Gasteiger partial charge >= 0.3 is 5.97 Å². The zero-order chi connectivity index (χ0) is 7.94. The molecule has 1 N–H and O–H groups in total. The van der Waals surface area contributed by atoms with E-state index >= 15 is 0 Å². The van der Waals surface area contributed by atoms with E-state index in [1.807, 2.05) is 0 Å². The highest BCUT2D eigenvalue weighted by atomic mass is 16.6. The Morgan fingerprint density at radius 1 is 1.60 bits per heavy atom. The van der Waals surface area contributed by atoms with E-state index in [1.54, 1.807) is 20.8 Å².